The fourth-order valence-corrected chi connectivity index (χ4v) is 2.17. The zero-order valence-corrected chi connectivity index (χ0v) is 9.77. The number of hydrogen-bond acceptors (Lipinski definition) is 4. The van der Waals surface area contributed by atoms with Crippen LogP contribution in [0.25, 0.3) is 0 Å². The van der Waals surface area contributed by atoms with E-state index in [0.717, 1.165) is 22.5 Å². The summed E-state index contributed by atoms with van der Waals surface area (Å²) in [6.07, 6.45) is 1.18. The van der Waals surface area contributed by atoms with E-state index in [1.54, 1.807) is 17.8 Å². The highest BCUT2D eigenvalue weighted by Gasteiger charge is 2.01. The molecule has 0 aliphatic carbocycles. The summed E-state index contributed by atoms with van der Waals surface area (Å²) < 4.78 is 0. The maximum Gasteiger partial charge on any atom is 0.189 e. The van der Waals surface area contributed by atoms with Gasteiger partial charge >= 0.3 is 0 Å². The number of rotatable bonds is 4. The SMILES string of the molecule is Cc1cc(N)nc(SCCC(C)C)n1. The van der Waals surface area contributed by atoms with Crippen LogP contribution in [0.1, 0.15) is 26.0 Å². The lowest BCUT2D eigenvalue weighted by molar-refractivity contribution is 0.631. The molecular weight excluding hydrogens is 194 g/mol. The van der Waals surface area contributed by atoms with Crippen molar-refractivity contribution in [3.05, 3.63) is 11.8 Å². The summed E-state index contributed by atoms with van der Waals surface area (Å²) in [5.74, 6) is 2.34. The van der Waals surface area contributed by atoms with Crippen molar-refractivity contribution >= 4 is 17.6 Å². The lowest BCUT2D eigenvalue weighted by Crippen LogP contribution is -1.97. The summed E-state index contributed by atoms with van der Waals surface area (Å²) in [4.78, 5) is 8.46. The third kappa shape index (κ3) is 3.96. The van der Waals surface area contributed by atoms with Gasteiger partial charge in [-0.2, -0.15) is 0 Å². The van der Waals surface area contributed by atoms with Gasteiger partial charge in [-0.25, -0.2) is 9.97 Å². The first-order valence-corrected chi connectivity index (χ1v) is 5.80. The van der Waals surface area contributed by atoms with Gasteiger partial charge < -0.3 is 5.73 Å². The molecule has 0 amide bonds. The Balaban J connectivity index is 2.50. The Morgan fingerprint density at radius 3 is 2.71 bits per heavy atom. The van der Waals surface area contributed by atoms with Gasteiger partial charge in [-0.05, 0) is 19.3 Å². The lowest BCUT2D eigenvalue weighted by Gasteiger charge is -2.04. The van der Waals surface area contributed by atoms with Crippen molar-refractivity contribution in [1.82, 2.24) is 9.97 Å². The van der Waals surface area contributed by atoms with Crippen LogP contribution in [-0.4, -0.2) is 15.7 Å². The molecule has 4 heteroatoms. The van der Waals surface area contributed by atoms with E-state index in [9.17, 15) is 0 Å². The van der Waals surface area contributed by atoms with Gasteiger partial charge in [0.25, 0.3) is 0 Å². The van der Waals surface area contributed by atoms with E-state index >= 15 is 0 Å². The van der Waals surface area contributed by atoms with Crippen LogP contribution in [0, 0.1) is 12.8 Å². The molecule has 1 rings (SSSR count). The first-order valence-electron chi connectivity index (χ1n) is 4.82. The Morgan fingerprint density at radius 1 is 1.43 bits per heavy atom. The minimum absolute atomic E-state index is 0.560. The molecule has 3 nitrogen and oxygen atoms in total. The van der Waals surface area contributed by atoms with Crippen molar-refractivity contribution in [2.45, 2.75) is 32.3 Å². The number of nitrogen functional groups attached to an aromatic ring is 1. The molecule has 0 saturated heterocycles. The van der Waals surface area contributed by atoms with Crippen molar-refractivity contribution in [3.8, 4) is 0 Å². The summed E-state index contributed by atoms with van der Waals surface area (Å²) in [7, 11) is 0. The summed E-state index contributed by atoms with van der Waals surface area (Å²) >= 11 is 1.67. The van der Waals surface area contributed by atoms with E-state index in [2.05, 4.69) is 23.8 Å². The number of aromatic nitrogens is 2. The molecule has 2 N–H and O–H groups in total. The van der Waals surface area contributed by atoms with Crippen molar-refractivity contribution in [2.75, 3.05) is 11.5 Å². The van der Waals surface area contributed by atoms with Gasteiger partial charge in [-0.3, -0.25) is 0 Å². The highest BCUT2D eigenvalue weighted by atomic mass is 32.2. The monoisotopic (exact) mass is 211 g/mol. The van der Waals surface area contributed by atoms with E-state index < -0.39 is 0 Å². The van der Waals surface area contributed by atoms with Crippen molar-refractivity contribution in [2.24, 2.45) is 5.92 Å². The lowest BCUT2D eigenvalue weighted by atomic mass is 10.2. The predicted molar refractivity (Wildman–Crippen MR) is 61.4 cm³/mol. The van der Waals surface area contributed by atoms with Crippen LogP contribution in [-0.2, 0) is 0 Å². The van der Waals surface area contributed by atoms with Gasteiger partial charge in [0.1, 0.15) is 5.82 Å². The van der Waals surface area contributed by atoms with Crippen LogP contribution in [0.2, 0.25) is 0 Å². The van der Waals surface area contributed by atoms with Gasteiger partial charge in [0.15, 0.2) is 5.16 Å². The second kappa shape index (κ2) is 5.20. The maximum atomic E-state index is 5.63. The second-order valence-corrected chi connectivity index (χ2v) is 4.81. The number of nitrogens with zero attached hydrogens (tertiary/aromatic N) is 2. The molecule has 0 atom stereocenters. The highest BCUT2D eigenvalue weighted by Crippen LogP contribution is 2.17. The third-order valence-corrected chi connectivity index (χ3v) is 2.66. The standard InChI is InChI=1S/C10H17N3S/c1-7(2)4-5-14-10-12-8(3)6-9(11)13-10/h6-7H,4-5H2,1-3H3,(H2,11,12,13). The van der Waals surface area contributed by atoms with Gasteiger partial charge in [0.05, 0.1) is 0 Å². The topological polar surface area (TPSA) is 51.8 Å². The molecule has 14 heavy (non-hydrogen) atoms. The summed E-state index contributed by atoms with van der Waals surface area (Å²) in [5, 5.41) is 0.795. The van der Waals surface area contributed by atoms with Crippen LogP contribution in [0.5, 0.6) is 0 Å². The summed E-state index contributed by atoms with van der Waals surface area (Å²) in [6, 6.07) is 1.78. The molecule has 78 valence electrons. The summed E-state index contributed by atoms with van der Waals surface area (Å²) in [5.41, 5.74) is 6.56. The number of anilines is 1. The Morgan fingerprint density at radius 2 is 2.14 bits per heavy atom. The molecule has 0 fully saturated rings. The van der Waals surface area contributed by atoms with Gasteiger partial charge in [-0.15, -0.1) is 0 Å². The molecule has 0 aliphatic heterocycles. The first-order chi connectivity index (χ1) is 6.58. The Hall–Kier alpha value is -0.770. The number of thioether (sulfide) groups is 1. The molecule has 0 aliphatic rings. The number of hydrogen-bond donors (Lipinski definition) is 1. The van der Waals surface area contributed by atoms with Crippen LogP contribution >= 0.6 is 11.8 Å². The van der Waals surface area contributed by atoms with Gasteiger partial charge in [0.2, 0.25) is 0 Å². The molecule has 1 heterocycles. The summed E-state index contributed by atoms with van der Waals surface area (Å²) in [6.45, 7) is 6.36. The molecule has 1 aromatic rings. The fourth-order valence-electron chi connectivity index (χ4n) is 1.02. The fraction of sp³-hybridized carbons (Fsp3) is 0.600. The van der Waals surface area contributed by atoms with E-state index in [-0.39, 0.29) is 0 Å². The molecule has 0 aromatic carbocycles. The zero-order chi connectivity index (χ0) is 10.6. The minimum Gasteiger partial charge on any atom is -0.384 e. The number of aryl methyl sites for hydroxylation is 1. The largest absolute Gasteiger partial charge is 0.384 e. The quantitative estimate of drug-likeness (QED) is 0.614. The van der Waals surface area contributed by atoms with E-state index in [1.165, 1.54) is 6.42 Å². The maximum absolute atomic E-state index is 5.63. The average Bonchev–Trinajstić information content (AvgIpc) is 2.01. The number of nitrogens with two attached hydrogens (primary N) is 1. The van der Waals surface area contributed by atoms with Crippen molar-refractivity contribution in [1.29, 1.82) is 0 Å². The molecule has 0 unspecified atom stereocenters. The van der Waals surface area contributed by atoms with Crippen molar-refractivity contribution < 1.29 is 0 Å². The van der Waals surface area contributed by atoms with Crippen molar-refractivity contribution in [3.63, 3.8) is 0 Å². The van der Waals surface area contributed by atoms with E-state index in [4.69, 9.17) is 5.73 Å². The molecule has 0 saturated carbocycles. The van der Waals surface area contributed by atoms with Crippen LogP contribution in [0.15, 0.2) is 11.2 Å². The third-order valence-electron chi connectivity index (χ3n) is 1.78. The van der Waals surface area contributed by atoms with Gasteiger partial charge in [-0.1, -0.05) is 25.6 Å². The molecule has 1 aromatic heterocycles. The van der Waals surface area contributed by atoms with Crippen LogP contribution in [0.4, 0.5) is 5.82 Å². The normalized spacial score (nSPS) is 10.9. The Labute approximate surface area is 89.5 Å². The molecule has 0 spiro atoms. The Kier molecular flexibility index (Phi) is 4.20. The van der Waals surface area contributed by atoms with Crippen LogP contribution in [0.3, 0.4) is 0 Å². The Bertz CT molecular complexity index is 279. The second-order valence-electron chi connectivity index (χ2n) is 3.75. The van der Waals surface area contributed by atoms with Crippen LogP contribution < -0.4 is 5.73 Å². The molecule has 0 bridgehead atoms. The first kappa shape index (κ1) is 11.3. The van der Waals surface area contributed by atoms with E-state index in [0.29, 0.717) is 5.82 Å². The molecule has 0 radical (unpaired) electrons. The smallest absolute Gasteiger partial charge is 0.189 e. The molecular formula is C10H17N3S. The zero-order valence-electron chi connectivity index (χ0n) is 8.95. The predicted octanol–water partition coefficient (Wildman–Crippen LogP) is 2.51. The van der Waals surface area contributed by atoms with Gasteiger partial charge in [0, 0.05) is 17.5 Å². The minimum atomic E-state index is 0.560. The van der Waals surface area contributed by atoms with E-state index in [1.807, 2.05) is 6.92 Å². The highest BCUT2D eigenvalue weighted by molar-refractivity contribution is 7.99. The average molecular weight is 211 g/mol.